The molecule has 0 spiro atoms. The summed E-state index contributed by atoms with van der Waals surface area (Å²) >= 11 is 57.1. The summed E-state index contributed by atoms with van der Waals surface area (Å²) in [5.74, 6) is -3.34. The predicted molar refractivity (Wildman–Crippen MR) is 323 cm³/mol. The van der Waals surface area contributed by atoms with E-state index < -0.39 is 22.8 Å². The molecule has 2 atom stereocenters. The number of carbonyl (C=O) groups excluding carboxylic acids is 4. The fourth-order valence-electron chi connectivity index (χ4n) is 6.09. The number of hydrogen-bond acceptors (Lipinski definition) is 8. The number of phenolic OH excluding ortho intramolecular Hbond substituents is 3. The van der Waals surface area contributed by atoms with Crippen molar-refractivity contribution in [2.75, 3.05) is 21.3 Å². The molecule has 0 aromatic heterocycles. The maximum Gasteiger partial charge on any atom is 0.259 e. The van der Waals surface area contributed by atoms with Gasteiger partial charge in [0.25, 0.3) is 17.7 Å². The van der Waals surface area contributed by atoms with Crippen molar-refractivity contribution in [1.82, 2.24) is 0 Å². The molecule has 1 aliphatic rings. The fourth-order valence-corrected chi connectivity index (χ4v) is 9.75. The second-order valence-electron chi connectivity index (χ2n) is 15.3. The molecule has 7 aromatic rings. The van der Waals surface area contributed by atoms with E-state index >= 15 is 0 Å². The summed E-state index contributed by atoms with van der Waals surface area (Å²) in [4.78, 5) is 48.3. The van der Waals surface area contributed by atoms with Gasteiger partial charge in [-0.15, -0.1) is 0 Å². The maximum absolute atomic E-state index is 12.2. The van der Waals surface area contributed by atoms with E-state index in [2.05, 4.69) is 101 Å². The normalized spacial score (nSPS) is 14.3. The quantitative estimate of drug-likeness (QED) is 0.0688. The number of aromatic hydroxyl groups is 3. The summed E-state index contributed by atoms with van der Waals surface area (Å²) in [6.07, 6.45) is 2.62. The number of phenols is 3. The molecule has 8 rings (SSSR count). The van der Waals surface area contributed by atoms with Gasteiger partial charge in [-0.3, -0.25) is 19.2 Å². The van der Waals surface area contributed by atoms with Crippen LogP contribution in [-0.4, -0.2) is 49.1 Å². The van der Waals surface area contributed by atoms with E-state index in [-0.39, 0.29) is 65.9 Å². The molecule has 394 valence electrons. The van der Waals surface area contributed by atoms with Crippen LogP contribution in [0, 0.1) is 5.92 Å². The molecule has 0 fully saturated rings. The molecule has 0 aliphatic heterocycles. The van der Waals surface area contributed by atoms with E-state index in [1.807, 2.05) is 24.3 Å². The lowest BCUT2D eigenvalue weighted by atomic mass is 9.95. The van der Waals surface area contributed by atoms with Crippen molar-refractivity contribution in [1.29, 1.82) is 0 Å². The fraction of sp³-hybridized carbons (Fsp3) is 0.0385. The zero-order chi connectivity index (χ0) is 56.0. The van der Waals surface area contributed by atoms with Crippen LogP contribution in [0.15, 0.2) is 184 Å². The molecule has 0 radical (unpaired) electrons. The molecule has 24 heteroatoms. The van der Waals surface area contributed by atoms with Crippen molar-refractivity contribution in [3.05, 3.63) is 221 Å². The summed E-state index contributed by atoms with van der Waals surface area (Å²) in [6, 6.07) is 38.2. The Hall–Kier alpha value is -4.31. The van der Waals surface area contributed by atoms with E-state index in [4.69, 9.17) is 81.2 Å². The number of anilines is 4. The molecule has 0 saturated carbocycles. The Morgan fingerprint density at radius 2 is 0.961 bits per heavy atom. The van der Waals surface area contributed by atoms with Crippen LogP contribution in [0.4, 0.5) is 22.7 Å². The van der Waals surface area contributed by atoms with Crippen molar-refractivity contribution >= 4 is 207 Å². The third-order valence-corrected chi connectivity index (χ3v) is 14.5. The Labute approximate surface area is 512 Å². The van der Waals surface area contributed by atoms with Gasteiger partial charge in [-0.05, 0) is 162 Å². The average molecular weight is 1490 g/mol. The van der Waals surface area contributed by atoms with Crippen LogP contribution in [0.3, 0.4) is 0 Å². The minimum absolute atomic E-state index is 0.00690. The van der Waals surface area contributed by atoms with Gasteiger partial charge in [0.2, 0.25) is 5.91 Å². The highest BCUT2D eigenvalue weighted by atomic mass is 79.9. The van der Waals surface area contributed by atoms with Gasteiger partial charge in [-0.2, -0.15) is 0 Å². The van der Waals surface area contributed by atoms with Gasteiger partial charge in [-0.1, -0.05) is 151 Å². The summed E-state index contributed by atoms with van der Waals surface area (Å²) in [7, 11) is 0. The Morgan fingerprint density at radius 3 is 1.50 bits per heavy atom. The Bertz CT molecular complexity index is 3230. The van der Waals surface area contributed by atoms with Crippen LogP contribution in [0.1, 0.15) is 31.1 Å². The molecule has 2 unspecified atom stereocenters. The zero-order valence-corrected chi connectivity index (χ0v) is 51.2. The number of amides is 4. The van der Waals surface area contributed by atoms with E-state index in [0.29, 0.717) is 41.7 Å². The summed E-state index contributed by atoms with van der Waals surface area (Å²) < 4.78 is 3.77. The number of benzene rings is 7. The molecule has 8 N–H and O–H groups in total. The molecule has 12 nitrogen and oxygen atoms in total. The Kier molecular flexibility index (Phi) is 23.9. The Balaban J connectivity index is 0.000000187. The third-order valence-electron chi connectivity index (χ3n) is 9.77. The molecular formula is C52H34Br5Cl7N4O8. The van der Waals surface area contributed by atoms with Crippen LogP contribution >= 0.6 is 161 Å². The molecule has 7 aromatic carbocycles. The number of halogens is 12. The summed E-state index contributed by atoms with van der Waals surface area (Å²) in [6.45, 7) is 0. The molecule has 0 saturated heterocycles. The van der Waals surface area contributed by atoms with Crippen molar-refractivity contribution in [3.63, 3.8) is 0 Å². The zero-order valence-electron chi connectivity index (χ0n) is 38.0. The first-order chi connectivity index (χ1) is 35.8. The first kappa shape index (κ1) is 62.5. The van der Waals surface area contributed by atoms with Gasteiger partial charge >= 0.3 is 0 Å². The number of carbonyl (C=O) groups is 4. The van der Waals surface area contributed by atoms with E-state index in [0.717, 1.165) is 13.4 Å². The monoisotopic (exact) mass is 1480 g/mol. The molecule has 0 bridgehead atoms. The number of hydrogen-bond donors (Lipinski definition) is 8. The maximum atomic E-state index is 12.2. The minimum Gasteiger partial charge on any atom is -0.507 e. The van der Waals surface area contributed by atoms with Crippen molar-refractivity contribution in [2.45, 2.75) is 5.06 Å². The standard InChI is InChI=1S/C13H8Br3NO2.C13H9Br2NO2.C13H9Cl4NO2.C13H8Cl3NO2/c14-7-1-3-9(4-2-7)17-13(19)10-5-8(15)6-11(16)12(10)18;14-8-1-4-10(5-2-8)16-13(18)11-7-9(15)3-6-12(11)17;14-7-2-1-3-9(4-7)18-12(19)10-5-8(15)6-11(16)13(10,17)20;14-7-1-3-9(4-2-7)17-13(19)10-5-8(15)6-11(16)12(10)18/h1-6,18H,(H,17,19);1-7,17H,(H,16,18);1-6,10,20H,(H,18,19);1-6,18H,(H,17,19). The largest absolute Gasteiger partial charge is 0.507 e. The number of alkyl halides is 1. The number of nitrogens with one attached hydrogen (secondary N) is 4. The van der Waals surface area contributed by atoms with Crippen LogP contribution in [0.2, 0.25) is 20.1 Å². The number of aliphatic hydroxyl groups is 1. The number of allylic oxidation sites excluding steroid dienone is 2. The lowest BCUT2D eigenvalue weighted by molar-refractivity contribution is -0.121. The summed E-state index contributed by atoms with van der Waals surface area (Å²) in [5, 5.41) is 49.4. The first-order valence-electron chi connectivity index (χ1n) is 21.1. The van der Waals surface area contributed by atoms with Crippen LogP contribution < -0.4 is 21.3 Å². The van der Waals surface area contributed by atoms with E-state index in [1.54, 1.807) is 97.1 Å². The van der Waals surface area contributed by atoms with Crippen molar-refractivity contribution in [3.8, 4) is 17.2 Å². The highest BCUT2D eigenvalue weighted by Gasteiger charge is 2.43. The third kappa shape index (κ3) is 18.7. The molecule has 76 heavy (non-hydrogen) atoms. The molecule has 1 aliphatic carbocycles. The second kappa shape index (κ2) is 29.1. The van der Waals surface area contributed by atoms with Gasteiger partial charge < -0.3 is 41.7 Å². The minimum atomic E-state index is -2.03. The van der Waals surface area contributed by atoms with Crippen LogP contribution in [-0.2, 0) is 4.79 Å². The van der Waals surface area contributed by atoms with E-state index in [9.17, 15) is 39.6 Å². The van der Waals surface area contributed by atoms with Crippen molar-refractivity contribution in [2.24, 2.45) is 5.92 Å². The molecule has 4 amide bonds. The predicted octanol–water partition coefficient (Wildman–Crippen LogP) is 17.8. The second-order valence-corrected chi connectivity index (χ2v) is 23.0. The van der Waals surface area contributed by atoms with Gasteiger partial charge in [0, 0.05) is 60.7 Å². The van der Waals surface area contributed by atoms with E-state index in [1.165, 1.54) is 30.4 Å². The molecular weight excluding hydrogens is 1460 g/mol. The first-order valence-corrected chi connectivity index (χ1v) is 27.7. The SMILES string of the molecule is O=C(Nc1ccc(Br)cc1)c1cc(Br)cc(Br)c1O.O=C(Nc1ccc(Br)cc1)c1cc(Br)ccc1O.O=C(Nc1ccc(Cl)cc1)c1cc(Cl)cc(Cl)c1O.O=C(Nc1cccc(Cl)c1)C1C=C(Cl)C=C(Cl)C1(O)Cl. The van der Waals surface area contributed by atoms with Gasteiger partial charge in [0.05, 0.1) is 31.2 Å². The number of rotatable bonds is 8. The molecule has 0 heterocycles. The van der Waals surface area contributed by atoms with Gasteiger partial charge in [0.15, 0.2) is 5.06 Å². The Morgan fingerprint density at radius 1 is 0.474 bits per heavy atom. The van der Waals surface area contributed by atoms with Gasteiger partial charge in [0.1, 0.15) is 23.2 Å². The highest BCUT2D eigenvalue weighted by molar-refractivity contribution is 9.11. The topological polar surface area (TPSA) is 197 Å². The van der Waals surface area contributed by atoms with Crippen LogP contribution in [0.5, 0.6) is 17.2 Å². The van der Waals surface area contributed by atoms with Crippen molar-refractivity contribution < 1.29 is 39.6 Å². The average Bonchev–Trinajstić information content (AvgIpc) is 3.36. The smallest absolute Gasteiger partial charge is 0.259 e. The lowest BCUT2D eigenvalue weighted by Crippen LogP contribution is -2.41. The lowest BCUT2D eigenvalue weighted by Gasteiger charge is -2.30. The van der Waals surface area contributed by atoms with Crippen LogP contribution in [0.25, 0.3) is 0 Å². The summed E-state index contributed by atoms with van der Waals surface area (Å²) in [5.41, 5.74) is 2.78. The van der Waals surface area contributed by atoms with Gasteiger partial charge in [-0.25, -0.2) is 0 Å². The highest BCUT2D eigenvalue weighted by Crippen LogP contribution is 2.41.